The quantitative estimate of drug-likeness (QED) is 0.367. The van der Waals surface area contributed by atoms with Gasteiger partial charge in [0.15, 0.2) is 5.60 Å². The molecule has 0 aromatic heterocycles. The van der Waals surface area contributed by atoms with Crippen LogP contribution in [0.15, 0.2) is 109 Å². The van der Waals surface area contributed by atoms with Crippen molar-refractivity contribution in [3.8, 4) is 5.75 Å². The smallest absolute Gasteiger partial charge is 0.221 e. The molecule has 0 unspecified atom stereocenters. The summed E-state index contributed by atoms with van der Waals surface area (Å²) in [5, 5.41) is 6.20. The second-order valence-corrected chi connectivity index (χ2v) is 8.04. The Hall–Kier alpha value is -4.31. The van der Waals surface area contributed by atoms with Gasteiger partial charge in [0.2, 0.25) is 5.91 Å². The fourth-order valence-electron chi connectivity index (χ4n) is 4.12. The van der Waals surface area contributed by atoms with Crippen molar-refractivity contribution in [1.29, 1.82) is 0 Å². The molecule has 0 radical (unpaired) electrons. The van der Waals surface area contributed by atoms with E-state index in [0.717, 1.165) is 39.5 Å². The summed E-state index contributed by atoms with van der Waals surface area (Å²) in [5.41, 5.74) is 5.17. The molecule has 162 valence electrons. The molecule has 0 fully saturated rings. The Morgan fingerprint density at radius 2 is 1.30 bits per heavy atom. The van der Waals surface area contributed by atoms with Crippen molar-refractivity contribution in [2.45, 2.75) is 12.5 Å². The standard InChI is InChI=1S/C29H24N2O2/c1-21(32)30-25-12-14-26(15-13-25)31-27-16-17-28-22(20-27)18-19-29(33-28,23-8-4-2-5-9-23)24-10-6-3-7-11-24/h2-20,31H,1H3,(H,30,32). The Labute approximate surface area is 193 Å². The molecule has 0 saturated heterocycles. The van der Waals surface area contributed by atoms with Gasteiger partial charge >= 0.3 is 0 Å². The van der Waals surface area contributed by atoms with Crippen LogP contribution in [0, 0.1) is 0 Å². The summed E-state index contributed by atoms with van der Waals surface area (Å²) in [6.45, 7) is 1.50. The fraction of sp³-hybridized carbons (Fsp3) is 0.0690. The molecular weight excluding hydrogens is 408 g/mol. The molecule has 0 atom stereocenters. The molecule has 1 amide bonds. The van der Waals surface area contributed by atoms with Gasteiger partial charge in [-0.3, -0.25) is 4.79 Å². The summed E-state index contributed by atoms with van der Waals surface area (Å²) in [6.07, 6.45) is 4.26. The van der Waals surface area contributed by atoms with Crippen molar-refractivity contribution < 1.29 is 9.53 Å². The second kappa shape index (κ2) is 8.67. The van der Waals surface area contributed by atoms with E-state index in [4.69, 9.17) is 4.74 Å². The lowest BCUT2D eigenvalue weighted by Gasteiger charge is -2.36. The predicted molar refractivity (Wildman–Crippen MR) is 134 cm³/mol. The van der Waals surface area contributed by atoms with Crippen molar-refractivity contribution in [3.05, 3.63) is 126 Å². The minimum atomic E-state index is -0.677. The number of hydrogen-bond acceptors (Lipinski definition) is 3. The molecule has 4 nitrogen and oxygen atoms in total. The Balaban J connectivity index is 1.44. The molecule has 0 bridgehead atoms. The first-order valence-corrected chi connectivity index (χ1v) is 10.9. The number of ether oxygens (including phenoxy) is 1. The lowest BCUT2D eigenvalue weighted by atomic mass is 9.83. The van der Waals surface area contributed by atoms with E-state index in [0.29, 0.717) is 0 Å². The first-order chi connectivity index (χ1) is 16.1. The number of anilines is 3. The van der Waals surface area contributed by atoms with Gasteiger partial charge < -0.3 is 15.4 Å². The third kappa shape index (κ3) is 4.23. The van der Waals surface area contributed by atoms with Gasteiger partial charge in [-0.1, -0.05) is 66.7 Å². The van der Waals surface area contributed by atoms with Crippen LogP contribution in [0.1, 0.15) is 23.6 Å². The zero-order valence-electron chi connectivity index (χ0n) is 18.3. The van der Waals surface area contributed by atoms with Crippen LogP contribution in [0.5, 0.6) is 5.75 Å². The number of hydrogen-bond donors (Lipinski definition) is 2. The van der Waals surface area contributed by atoms with E-state index in [1.165, 1.54) is 6.92 Å². The highest BCUT2D eigenvalue weighted by molar-refractivity contribution is 5.88. The Morgan fingerprint density at radius 1 is 0.727 bits per heavy atom. The average molecular weight is 433 g/mol. The number of carbonyl (C=O) groups excluding carboxylic acids is 1. The Morgan fingerprint density at radius 3 is 1.91 bits per heavy atom. The Kier molecular flexibility index (Phi) is 5.41. The van der Waals surface area contributed by atoms with Crippen molar-refractivity contribution in [1.82, 2.24) is 0 Å². The van der Waals surface area contributed by atoms with Gasteiger partial charge in [-0.15, -0.1) is 0 Å². The third-order valence-corrected chi connectivity index (χ3v) is 5.68. The zero-order valence-corrected chi connectivity index (χ0v) is 18.3. The molecule has 1 aliphatic heterocycles. The normalized spacial score (nSPS) is 13.5. The number of fused-ring (bicyclic) bond motifs is 1. The molecule has 2 N–H and O–H groups in total. The van der Waals surface area contributed by atoms with E-state index in [9.17, 15) is 4.79 Å². The van der Waals surface area contributed by atoms with Gasteiger partial charge in [-0.05, 0) is 48.5 Å². The number of rotatable bonds is 5. The van der Waals surface area contributed by atoms with Gasteiger partial charge in [-0.25, -0.2) is 0 Å². The van der Waals surface area contributed by atoms with Crippen LogP contribution in [0.4, 0.5) is 17.1 Å². The SMILES string of the molecule is CC(=O)Nc1ccc(Nc2ccc3c(c2)C=CC(c2ccccc2)(c2ccccc2)O3)cc1. The van der Waals surface area contributed by atoms with Crippen LogP contribution in [-0.2, 0) is 10.4 Å². The molecule has 0 spiro atoms. The molecule has 0 saturated carbocycles. The van der Waals surface area contributed by atoms with Gasteiger partial charge in [0, 0.05) is 40.7 Å². The highest BCUT2D eigenvalue weighted by Crippen LogP contribution is 2.42. The number of nitrogens with one attached hydrogen (secondary N) is 2. The monoisotopic (exact) mass is 432 g/mol. The molecule has 4 aromatic carbocycles. The number of amides is 1. The van der Waals surface area contributed by atoms with E-state index >= 15 is 0 Å². The van der Waals surface area contributed by atoms with E-state index in [1.807, 2.05) is 72.8 Å². The average Bonchev–Trinajstić information content (AvgIpc) is 2.86. The molecule has 4 heteroatoms. The molecule has 1 aliphatic rings. The maximum Gasteiger partial charge on any atom is 0.221 e. The summed E-state index contributed by atoms with van der Waals surface area (Å²) in [7, 11) is 0. The summed E-state index contributed by atoms with van der Waals surface area (Å²) < 4.78 is 6.69. The lowest BCUT2D eigenvalue weighted by molar-refractivity contribution is -0.114. The van der Waals surface area contributed by atoms with Gasteiger partial charge in [0.05, 0.1) is 0 Å². The minimum absolute atomic E-state index is 0.0840. The molecule has 5 rings (SSSR count). The number of carbonyl (C=O) groups is 1. The molecule has 4 aromatic rings. The van der Waals surface area contributed by atoms with Gasteiger partial charge in [0.25, 0.3) is 0 Å². The van der Waals surface area contributed by atoms with Crippen LogP contribution < -0.4 is 15.4 Å². The van der Waals surface area contributed by atoms with Crippen molar-refractivity contribution in [2.75, 3.05) is 10.6 Å². The first kappa shape index (κ1) is 20.6. The molecular formula is C29H24N2O2. The third-order valence-electron chi connectivity index (χ3n) is 5.68. The number of benzene rings is 4. The molecule has 1 heterocycles. The highest BCUT2D eigenvalue weighted by atomic mass is 16.5. The van der Waals surface area contributed by atoms with Crippen LogP contribution in [0.25, 0.3) is 6.08 Å². The van der Waals surface area contributed by atoms with Crippen LogP contribution in [0.3, 0.4) is 0 Å². The maximum atomic E-state index is 11.2. The summed E-state index contributed by atoms with van der Waals surface area (Å²) in [5.74, 6) is 0.746. The topological polar surface area (TPSA) is 50.4 Å². The van der Waals surface area contributed by atoms with E-state index in [1.54, 1.807) is 0 Å². The van der Waals surface area contributed by atoms with Crippen molar-refractivity contribution in [3.63, 3.8) is 0 Å². The molecule has 0 aliphatic carbocycles. The summed E-state index contributed by atoms with van der Waals surface area (Å²) >= 11 is 0. The largest absolute Gasteiger partial charge is 0.473 e. The first-order valence-electron chi connectivity index (χ1n) is 10.9. The van der Waals surface area contributed by atoms with E-state index < -0.39 is 5.60 Å². The zero-order chi connectivity index (χ0) is 22.7. The van der Waals surface area contributed by atoms with Crippen LogP contribution in [-0.4, -0.2) is 5.91 Å². The van der Waals surface area contributed by atoms with Crippen LogP contribution in [0.2, 0.25) is 0 Å². The predicted octanol–water partition coefficient (Wildman–Crippen LogP) is 6.74. The van der Waals surface area contributed by atoms with Crippen LogP contribution >= 0.6 is 0 Å². The van der Waals surface area contributed by atoms with Crippen molar-refractivity contribution in [2.24, 2.45) is 0 Å². The van der Waals surface area contributed by atoms with Gasteiger partial charge in [0.1, 0.15) is 5.75 Å². The second-order valence-electron chi connectivity index (χ2n) is 8.04. The summed E-state index contributed by atoms with van der Waals surface area (Å²) in [6, 6.07) is 34.3. The van der Waals surface area contributed by atoms with E-state index in [2.05, 4.69) is 53.1 Å². The van der Waals surface area contributed by atoms with E-state index in [-0.39, 0.29) is 5.91 Å². The lowest BCUT2D eigenvalue weighted by Crippen LogP contribution is -2.34. The highest BCUT2D eigenvalue weighted by Gasteiger charge is 2.36. The summed E-state index contributed by atoms with van der Waals surface area (Å²) in [4.78, 5) is 11.2. The fourth-order valence-corrected chi connectivity index (χ4v) is 4.12. The molecule has 33 heavy (non-hydrogen) atoms. The van der Waals surface area contributed by atoms with Crippen molar-refractivity contribution >= 4 is 29.0 Å². The van der Waals surface area contributed by atoms with Gasteiger partial charge in [-0.2, -0.15) is 0 Å². The minimum Gasteiger partial charge on any atom is -0.473 e. The maximum absolute atomic E-state index is 11.2. The Bertz CT molecular complexity index is 1260.